The van der Waals surface area contributed by atoms with Crippen molar-refractivity contribution < 1.29 is 18.0 Å². The van der Waals surface area contributed by atoms with Gasteiger partial charge < -0.3 is 5.73 Å². The molecule has 0 aliphatic rings. The van der Waals surface area contributed by atoms with Gasteiger partial charge in [0.25, 0.3) is 0 Å². The van der Waals surface area contributed by atoms with E-state index in [9.17, 15) is 22.9 Å². The topological polar surface area (TPSA) is 72.5 Å². The molecule has 12 heavy (non-hydrogen) atoms. The normalized spacial score (nSPS) is 13.9. The summed E-state index contributed by atoms with van der Waals surface area (Å²) in [6.45, 7) is 0. The number of hydrogen-bond donors (Lipinski definition) is 1. The van der Waals surface area contributed by atoms with Crippen LogP contribution in [0.2, 0.25) is 0 Å². The molecule has 1 atom stereocenters. The van der Waals surface area contributed by atoms with E-state index < -0.39 is 31.0 Å². The summed E-state index contributed by atoms with van der Waals surface area (Å²) < 4.78 is 34.6. The molecule has 0 heterocycles. The highest BCUT2D eigenvalue weighted by atomic mass is 19.4. The second kappa shape index (κ2) is 4.03. The summed E-state index contributed by atoms with van der Waals surface area (Å²) in [5.41, 5.74) is 4.58. The van der Waals surface area contributed by atoms with Crippen LogP contribution in [0.3, 0.4) is 0 Å². The molecule has 0 aromatic heterocycles. The number of primary amides is 1. The molecule has 0 aromatic carbocycles. The molecule has 7 heteroatoms. The second-order valence-electron chi connectivity index (χ2n) is 2.18. The van der Waals surface area contributed by atoms with Gasteiger partial charge in [-0.2, -0.15) is 13.2 Å². The second-order valence-corrected chi connectivity index (χ2v) is 2.18. The fourth-order valence-electron chi connectivity index (χ4n) is 0.547. The molecule has 0 aromatic rings. The number of nitrogens with zero attached hydrogens (tertiary/aromatic N) is 1. The molecule has 0 fully saturated rings. The summed E-state index contributed by atoms with van der Waals surface area (Å²) in [4.78, 5) is 20.0. The summed E-state index contributed by atoms with van der Waals surface area (Å²) >= 11 is 0. The minimum absolute atomic E-state index is 0.678. The van der Waals surface area contributed by atoms with Crippen molar-refractivity contribution in [2.45, 2.75) is 25.1 Å². The lowest BCUT2D eigenvalue weighted by molar-refractivity contribution is -0.137. The van der Waals surface area contributed by atoms with E-state index in [0.29, 0.717) is 0 Å². The first-order chi connectivity index (χ1) is 5.37. The number of carbonyl (C=O) groups is 1. The van der Waals surface area contributed by atoms with Crippen molar-refractivity contribution in [3.05, 3.63) is 4.91 Å². The molecule has 0 saturated heterocycles. The Morgan fingerprint density at radius 2 is 2.00 bits per heavy atom. The van der Waals surface area contributed by atoms with Crippen LogP contribution in [0.5, 0.6) is 0 Å². The minimum atomic E-state index is -4.39. The van der Waals surface area contributed by atoms with Crippen molar-refractivity contribution in [2.75, 3.05) is 0 Å². The van der Waals surface area contributed by atoms with Crippen LogP contribution in [0.4, 0.5) is 13.2 Å². The largest absolute Gasteiger partial charge is 0.389 e. The molecule has 1 amide bonds. The Balaban J connectivity index is 3.90. The van der Waals surface area contributed by atoms with Crippen LogP contribution in [0.15, 0.2) is 5.18 Å². The van der Waals surface area contributed by atoms with Crippen LogP contribution < -0.4 is 5.73 Å². The smallest absolute Gasteiger partial charge is 0.368 e. The lowest BCUT2D eigenvalue weighted by Gasteiger charge is -2.07. The molecule has 0 unspecified atom stereocenters. The van der Waals surface area contributed by atoms with Gasteiger partial charge in [-0.05, 0) is 6.42 Å². The molecule has 70 valence electrons. The van der Waals surface area contributed by atoms with Gasteiger partial charge in [-0.25, -0.2) is 0 Å². The Morgan fingerprint density at radius 3 is 2.25 bits per heavy atom. The number of hydrogen-bond acceptors (Lipinski definition) is 3. The third kappa shape index (κ3) is 4.64. The molecular weight excluding hydrogens is 177 g/mol. The van der Waals surface area contributed by atoms with Gasteiger partial charge in [0.05, 0.1) is 0 Å². The summed E-state index contributed by atoms with van der Waals surface area (Å²) in [5.74, 6) is -1.13. The summed E-state index contributed by atoms with van der Waals surface area (Å²) in [6, 6.07) is -1.58. The molecule has 0 saturated carbocycles. The average Bonchev–Trinajstić information content (AvgIpc) is 1.85. The van der Waals surface area contributed by atoms with Gasteiger partial charge in [0.1, 0.15) is 0 Å². The molecule has 4 nitrogen and oxygen atoms in total. The predicted octanol–water partition coefficient (Wildman–Crippen LogP) is 0.949. The van der Waals surface area contributed by atoms with Gasteiger partial charge >= 0.3 is 6.18 Å². The van der Waals surface area contributed by atoms with E-state index in [2.05, 4.69) is 10.9 Å². The van der Waals surface area contributed by atoms with Crippen molar-refractivity contribution in [2.24, 2.45) is 10.9 Å². The van der Waals surface area contributed by atoms with E-state index in [4.69, 9.17) is 0 Å². The quantitative estimate of drug-likeness (QED) is 0.660. The standard InChI is InChI=1S/C5H7F3N2O2/c6-5(7,8)2-1-3(10-12)4(9)11/h3H,1-2H2,(H2,9,11)/t3-/m1/s1. The first kappa shape index (κ1) is 10.9. The maximum atomic E-state index is 11.5. The van der Waals surface area contributed by atoms with Crippen LogP contribution >= 0.6 is 0 Å². The van der Waals surface area contributed by atoms with Crippen LogP contribution in [0.1, 0.15) is 12.8 Å². The fraction of sp³-hybridized carbons (Fsp3) is 0.800. The summed E-state index contributed by atoms with van der Waals surface area (Å²) in [7, 11) is 0. The molecule has 2 N–H and O–H groups in total. The van der Waals surface area contributed by atoms with Crippen LogP contribution in [-0.2, 0) is 4.79 Å². The highest BCUT2D eigenvalue weighted by Gasteiger charge is 2.30. The van der Waals surface area contributed by atoms with Crippen molar-refractivity contribution in [1.82, 2.24) is 0 Å². The minimum Gasteiger partial charge on any atom is -0.368 e. The Labute approximate surface area is 65.9 Å². The third-order valence-electron chi connectivity index (χ3n) is 1.16. The number of nitroso groups, excluding NO2 is 1. The Kier molecular flexibility index (Phi) is 3.65. The first-order valence-electron chi connectivity index (χ1n) is 3.05. The summed E-state index contributed by atoms with van der Waals surface area (Å²) in [6.07, 6.45) is -6.30. The van der Waals surface area contributed by atoms with Gasteiger partial charge in [-0.15, -0.1) is 4.91 Å². The maximum absolute atomic E-state index is 11.5. The molecule has 0 radical (unpaired) electrons. The molecule has 0 bridgehead atoms. The van der Waals surface area contributed by atoms with Gasteiger partial charge in [0.15, 0.2) is 6.04 Å². The zero-order chi connectivity index (χ0) is 9.78. The van der Waals surface area contributed by atoms with Gasteiger partial charge in [-0.1, -0.05) is 5.18 Å². The van der Waals surface area contributed by atoms with E-state index in [0.717, 1.165) is 0 Å². The van der Waals surface area contributed by atoms with Crippen LogP contribution in [-0.4, -0.2) is 18.1 Å². The van der Waals surface area contributed by atoms with E-state index in [1.807, 2.05) is 0 Å². The molecule has 0 spiro atoms. The Morgan fingerprint density at radius 1 is 1.50 bits per heavy atom. The van der Waals surface area contributed by atoms with Gasteiger partial charge in [0, 0.05) is 6.42 Å². The lowest BCUT2D eigenvalue weighted by Crippen LogP contribution is -2.27. The fourth-order valence-corrected chi connectivity index (χ4v) is 0.547. The molecule has 0 rings (SSSR count). The zero-order valence-electron chi connectivity index (χ0n) is 5.97. The van der Waals surface area contributed by atoms with E-state index in [1.54, 1.807) is 0 Å². The SMILES string of the molecule is NC(=O)[C@@H](CCC(F)(F)F)N=O. The van der Waals surface area contributed by atoms with E-state index in [-0.39, 0.29) is 0 Å². The number of nitrogens with two attached hydrogens (primary N) is 1. The first-order valence-corrected chi connectivity index (χ1v) is 3.05. The molecule has 0 aliphatic carbocycles. The highest BCUT2D eigenvalue weighted by Crippen LogP contribution is 2.22. The van der Waals surface area contributed by atoms with Gasteiger partial charge in [0.2, 0.25) is 5.91 Å². The zero-order valence-corrected chi connectivity index (χ0v) is 5.97. The summed E-state index contributed by atoms with van der Waals surface area (Å²) in [5, 5.41) is 2.17. The van der Waals surface area contributed by atoms with Crippen molar-refractivity contribution in [1.29, 1.82) is 0 Å². The van der Waals surface area contributed by atoms with Crippen LogP contribution in [0, 0.1) is 4.91 Å². The van der Waals surface area contributed by atoms with E-state index >= 15 is 0 Å². The highest BCUT2D eigenvalue weighted by molar-refractivity contribution is 5.79. The number of alkyl halides is 3. The monoisotopic (exact) mass is 184 g/mol. The third-order valence-corrected chi connectivity index (χ3v) is 1.16. The number of halogens is 3. The lowest BCUT2D eigenvalue weighted by atomic mass is 10.1. The van der Waals surface area contributed by atoms with Crippen LogP contribution in [0.25, 0.3) is 0 Å². The van der Waals surface area contributed by atoms with E-state index in [1.165, 1.54) is 0 Å². The number of rotatable bonds is 4. The Bertz CT molecular complexity index is 180. The predicted molar refractivity (Wildman–Crippen MR) is 34.1 cm³/mol. The Hall–Kier alpha value is -1.14. The maximum Gasteiger partial charge on any atom is 0.389 e. The number of amides is 1. The van der Waals surface area contributed by atoms with Crippen molar-refractivity contribution >= 4 is 5.91 Å². The molecule has 0 aliphatic heterocycles. The van der Waals surface area contributed by atoms with Crippen molar-refractivity contribution in [3.8, 4) is 0 Å². The number of carbonyl (C=O) groups excluding carboxylic acids is 1. The average molecular weight is 184 g/mol. The van der Waals surface area contributed by atoms with Gasteiger partial charge in [-0.3, -0.25) is 4.79 Å². The van der Waals surface area contributed by atoms with Crippen molar-refractivity contribution in [3.63, 3.8) is 0 Å². The molecular formula is C5H7F3N2O2.